The van der Waals surface area contributed by atoms with Crippen molar-refractivity contribution >= 4 is 11.8 Å². The first kappa shape index (κ1) is 35.8. The van der Waals surface area contributed by atoms with Crippen LogP contribution in [0.4, 0.5) is 30.7 Å². The molecule has 0 aliphatic carbocycles. The average molecular weight is 664 g/mol. The lowest BCUT2D eigenvalue weighted by atomic mass is 9.93. The van der Waals surface area contributed by atoms with E-state index in [0.717, 1.165) is 43.5 Å². The maximum absolute atomic E-state index is 14.5. The summed E-state index contributed by atoms with van der Waals surface area (Å²) in [5.74, 6) is -3.54. The number of halogens is 7. The first-order chi connectivity index (χ1) is 21.4. The van der Waals surface area contributed by atoms with Gasteiger partial charge in [-0.15, -0.1) is 0 Å². The van der Waals surface area contributed by atoms with Crippen LogP contribution in [0, 0.1) is 5.82 Å². The normalized spacial score (nSPS) is 13.8. The van der Waals surface area contributed by atoms with Crippen molar-refractivity contribution in [3.63, 3.8) is 0 Å². The van der Waals surface area contributed by atoms with E-state index in [1.54, 1.807) is 6.92 Å². The van der Waals surface area contributed by atoms with Crippen molar-refractivity contribution in [3.8, 4) is 28.5 Å². The monoisotopic (exact) mass is 663 g/mol. The molecule has 2 amide bonds. The number of hydrogen-bond acceptors (Lipinski definition) is 8. The van der Waals surface area contributed by atoms with E-state index in [-0.39, 0.29) is 46.2 Å². The Labute approximate surface area is 256 Å². The van der Waals surface area contributed by atoms with Crippen LogP contribution in [0.3, 0.4) is 0 Å². The van der Waals surface area contributed by atoms with Crippen LogP contribution >= 0.6 is 0 Å². The van der Waals surface area contributed by atoms with Gasteiger partial charge in [0.2, 0.25) is 11.5 Å². The maximum atomic E-state index is 14.5. The molecule has 0 fully saturated rings. The topological polar surface area (TPSA) is 153 Å². The van der Waals surface area contributed by atoms with Crippen LogP contribution < -0.4 is 25.3 Å². The van der Waals surface area contributed by atoms with Gasteiger partial charge in [0, 0.05) is 16.7 Å². The highest BCUT2D eigenvalue weighted by atomic mass is 19.4. The third kappa shape index (κ3) is 8.33. The zero-order valence-corrected chi connectivity index (χ0v) is 24.1. The van der Waals surface area contributed by atoms with Crippen LogP contribution in [0.15, 0.2) is 48.5 Å². The van der Waals surface area contributed by atoms with Crippen LogP contribution in [0.5, 0.6) is 17.2 Å². The Morgan fingerprint density at radius 1 is 1.00 bits per heavy atom. The highest BCUT2D eigenvalue weighted by Gasteiger charge is 2.56. The second-order valence-electron chi connectivity index (χ2n) is 9.70. The molecule has 0 unspecified atom stereocenters. The Morgan fingerprint density at radius 3 is 2.20 bits per heavy atom. The lowest BCUT2D eigenvalue weighted by Crippen LogP contribution is -2.51. The summed E-state index contributed by atoms with van der Waals surface area (Å²) in [6.07, 6.45) is -13.9. The van der Waals surface area contributed by atoms with Crippen molar-refractivity contribution in [2.24, 2.45) is 5.73 Å². The molecule has 46 heavy (non-hydrogen) atoms. The standard InChI is InChI=1S/C29H28F7N3O7/c1-3-45-25-17(12-23(37)41)11-21(39-24(25)15-4-7-18(30)8-5-15)27(43,29(34,35)36)14-38-26(42)16-6-9-19(20(10-16)44-2)46-13-22(40)28(31,32)33/h4-11,22,40,43H,3,12-14H2,1-2H3,(H2,37,41)(H,38,42)/t22-,27+/m1/s1. The number of methoxy groups -OCH3 is 1. The molecule has 250 valence electrons. The van der Waals surface area contributed by atoms with Crippen molar-refractivity contribution in [2.75, 3.05) is 26.9 Å². The molecule has 0 aliphatic heterocycles. The van der Waals surface area contributed by atoms with Crippen LogP contribution in [0.2, 0.25) is 0 Å². The van der Waals surface area contributed by atoms with Crippen molar-refractivity contribution in [2.45, 2.75) is 37.4 Å². The van der Waals surface area contributed by atoms with Gasteiger partial charge in [-0.05, 0) is 55.5 Å². The van der Waals surface area contributed by atoms with Gasteiger partial charge in [-0.1, -0.05) is 0 Å². The van der Waals surface area contributed by atoms with Crippen molar-refractivity contribution < 1.29 is 64.7 Å². The molecule has 0 saturated heterocycles. The highest BCUT2D eigenvalue weighted by Crippen LogP contribution is 2.42. The fraction of sp³-hybridized carbons (Fsp3) is 0.345. The first-order valence-electron chi connectivity index (χ1n) is 13.3. The Bertz CT molecular complexity index is 1550. The Kier molecular flexibility index (Phi) is 11.1. The zero-order chi connectivity index (χ0) is 34.4. The molecule has 1 aromatic heterocycles. The molecule has 0 spiro atoms. The van der Waals surface area contributed by atoms with E-state index in [1.807, 2.05) is 5.32 Å². The van der Waals surface area contributed by atoms with Gasteiger partial charge in [0.05, 0.1) is 32.4 Å². The van der Waals surface area contributed by atoms with Crippen molar-refractivity contribution in [3.05, 3.63) is 71.2 Å². The SMILES string of the molecule is CCOc1c(CC(N)=O)cc([C@@](O)(CNC(=O)c2ccc(OC[C@@H](O)C(F)(F)F)c(OC)c2)C(F)(F)F)nc1-c1ccc(F)cc1. The number of nitrogens with zero attached hydrogens (tertiary/aromatic N) is 1. The van der Waals surface area contributed by atoms with Crippen LogP contribution in [0.25, 0.3) is 11.3 Å². The quantitative estimate of drug-likeness (QED) is 0.202. The third-order valence-corrected chi connectivity index (χ3v) is 6.42. The largest absolute Gasteiger partial charge is 0.493 e. The third-order valence-electron chi connectivity index (χ3n) is 6.42. The fourth-order valence-corrected chi connectivity index (χ4v) is 4.06. The minimum absolute atomic E-state index is 0.0171. The Morgan fingerprint density at radius 2 is 1.65 bits per heavy atom. The minimum Gasteiger partial charge on any atom is -0.493 e. The van der Waals surface area contributed by atoms with Gasteiger partial charge in [0.1, 0.15) is 23.9 Å². The number of hydrogen-bond donors (Lipinski definition) is 4. The lowest BCUT2D eigenvalue weighted by Gasteiger charge is -2.31. The van der Waals surface area contributed by atoms with Crippen LogP contribution in [-0.4, -0.2) is 72.3 Å². The van der Waals surface area contributed by atoms with Crippen molar-refractivity contribution in [1.82, 2.24) is 10.3 Å². The van der Waals surface area contributed by atoms with Gasteiger partial charge in [0.25, 0.3) is 5.91 Å². The smallest absolute Gasteiger partial charge is 0.424 e. The number of rotatable bonds is 13. The molecule has 5 N–H and O–H groups in total. The summed E-state index contributed by atoms with van der Waals surface area (Å²) in [6, 6.07) is 8.09. The van der Waals surface area contributed by atoms with Gasteiger partial charge >= 0.3 is 12.4 Å². The molecule has 1 heterocycles. The number of primary amides is 1. The van der Waals surface area contributed by atoms with E-state index in [9.17, 15) is 45.4 Å². The van der Waals surface area contributed by atoms with E-state index in [4.69, 9.17) is 25.1 Å². The molecule has 10 nitrogen and oxygen atoms in total. The van der Waals surface area contributed by atoms with Crippen molar-refractivity contribution in [1.29, 1.82) is 0 Å². The number of alkyl halides is 6. The predicted molar refractivity (Wildman–Crippen MR) is 147 cm³/mol. The number of aliphatic hydroxyl groups excluding tert-OH is 1. The maximum Gasteiger partial charge on any atom is 0.424 e. The van der Waals surface area contributed by atoms with Gasteiger partial charge < -0.3 is 35.5 Å². The minimum atomic E-state index is -5.47. The Hall–Kier alpha value is -4.64. The summed E-state index contributed by atoms with van der Waals surface area (Å²) in [7, 11) is 1.08. The lowest BCUT2D eigenvalue weighted by molar-refractivity contribution is -0.265. The highest BCUT2D eigenvalue weighted by molar-refractivity contribution is 5.95. The van der Waals surface area contributed by atoms with E-state index in [0.29, 0.717) is 0 Å². The summed E-state index contributed by atoms with van der Waals surface area (Å²) in [4.78, 5) is 28.7. The molecule has 0 saturated carbocycles. The molecule has 17 heteroatoms. The number of aliphatic hydroxyl groups is 2. The average Bonchev–Trinajstić information content (AvgIpc) is 2.98. The number of carbonyl (C=O) groups is 2. The number of nitrogens with one attached hydrogen (secondary N) is 1. The van der Waals surface area contributed by atoms with Gasteiger partial charge in [-0.3, -0.25) is 9.59 Å². The summed E-state index contributed by atoms with van der Waals surface area (Å²) in [6.45, 7) is -1.18. The number of benzene rings is 2. The van der Waals surface area contributed by atoms with Crippen LogP contribution in [-0.2, 0) is 16.8 Å². The van der Waals surface area contributed by atoms with E-state index in [1.165, 1.54) is 12.1 Å². The zero-order valence-electron chi connectivity index (χ0n) is 24.1. The van der Waals surface area contributed by atoms with Gasteiger partial charge in [-0.2, -0.15) is 26.3 Å². The summed E-state index contributed by atoms with van der Waals surface area (Å²) >= 11 is 0. The molecule has 2 atom stereocenters. The van der Waals surface area contributed by atoms with E-state index < -0.39 is 67.0 Å². The molecule has 0 radical (unpaired) electrons. The second-order valence-corrected chi connectivity index (χ2v) is 9.70. The summed E-state index contributed by atoms with van der Waals surface area (Å²) in [5, 5.41) is 22.1. The predicted octanol–water partition coefficient (Wildman–Crippen LogP) is 3.80. The Balaban J connectivity index is 2.00. The molecule has 0 bridgehead atoms. The summed E-state index contributed by atoms with van der Waals surface area (Å²) in [5.41, 5.74) is -0.336. The number of pyridine rings is 1. The molecule has 3 rings (SSSR count). The van der Waals surface area contributed by atoms with Gasteiger partial charge in [-0.25, -0.2) is 9.37 Å². The van der Waals surface area contributed by atoms with E-state index in [2.05, 4.69) is 4.98 Å². The molecular weight excluding hydrogens is 635 g/mol. The number of ether oxygens (including phenoxy) is 3. The fourth-order valence-electron chi connectivity index (χ4n) is 4.06. The van der Waals surface area contributed by atoms with Crippen LogP contribution in [0.1, 0.15) is 28.5 Å². The number of amides is 2. The number of carbonyl (C=O) groups excluding carboxylic acids is 2. The van der Waals surface area contributed by atoms with Gasteiger partial charge in [0.15, 0.2) is 17.6 Å². The molecule has 2 aromatic carbocycles. The molecular formula is C29H28F7N3O7. The molecule has 0 aliphatic rings. The number of aromatic nitrogens is 1. The summed E-state index contributed by atoms with van der Waals surface area (Å²) < 4.78 is 110. The first-order valence-corrected chi connectivity index (χ1v) is 13.3. The molecule has 3 aromatic rings. The second kappa shape index (κ2) is 14.2. The van der Waals surface area contributed by atoms with E-state index >= 15 is 0 Å². The number of nitrogens with two attached hydrogens (primary N) is 1.